The molecule has 0 bridgehead atoms. The van der Waals surface area contributed by atoms with Gasteiger partial charge in [0.15, 0.2) is 0 Å². The van der Waals surface area contributed by atoms with Crippen LogP contribution in [-0.2, 0) is 16.1 Å². The van der Waals surface area contributed by atoms with E-state index in [0.717, 1.165) is 22.4 Å². The molecule has 0 aliphatic rings. The summed E-state index contributed by atoms with van der Waals surface area (Å²) in [5, 5.41) is 7.47. The number of hydrogen-bond acceptors (Lipinski definition) is 4. The number of nitrogens with zero attached hydrogens (tertiary/aromatic N) is 3. The molecule has 0 saturated heterocycles. The van der Waals surface area contributed by atoms with E-state index in [4.69, 9.17) is 9.84 Å². The van der Waals surface area contributed by atoms with E-state index in [9.17, 15) is 4.79 Å². The lowest BCUT2D eigenvalue weighted by atomic mass is 10.1. The zero-order valence-electron chi connectivity index (χ0n) is 15.2. The molecule has 27 heavy (non-hydrogen) atoms. The standard InChI is InChI=1S/C21H22N4O2/c1-27-13-12-23-20(26)10-9-19-16-25(15-17-6-3-2-4-7-17)24-21(19)18-8-5-11-22-14-18/h2-11,14,16H,12-13,15H2,1H3,(H,23,26)/b10-9+. The summed E-state index contributed by atoms with van der Waals surface area (Å²) in [5.41, 5.74) is 3.72. The number of hydrogen-bond donors (Lipinski definition) is 1. The van der Waals surface area contributed by atoms with Gasteiger partial charge >= 0.3 is 0 Å². The van der Waals surface area contributed by atoms with Crippen molar-refractivity contribution in [3.63, 3.8) is 0 Å². The first-order valence-corrected chi connectivity index (χ1v) is 8.73. The summed E-state index contributed by atoms with van der Waals surface area (Å²) >= 11 is 0. The van der Waals surface area contributed by atoms with Gasteiger partial charge in [0.25, 0.3) is 0 Å². The minimum Gasteiger partial charge on any atom is -0.383 e. The molecule has 0 fully saturated rings. The van der Waals surface area contributed by atoms with Crippen LogP contribution < -0.4 is 5.32 Å². The fourth-order valence-electron chi connectivity index (χ4n) is 2.64. The Bertz CT molecular complexity index is 889. The molecule has 2 aromatic heterocycles. The summed E-state index contributed by atoms with van der Waals surface area (Å²) in [6.07, 6.45) is 8.72. The van der Waals surface area contributed by atoms with E-state index in [-0.39, 0.29) is 5.91 Å². The first-order chi connectivity index (χ1) is 13.3. The van der Waals surface area contributed by atoms with Crippen molar-refractivity contribution in [3.8, 4) is 11.3 Å². The molecule has 0 spiro atoms. The van der Waals surface area contributed by atoms with Crippen LogP contribution in [0.5, 0.6) is 0 Å². The summed E-state index contributed by atoms with van der Waals surface area (Å²) in [6, 6.07) is 13.9. The van der Waals surface area contributed by atoms with Crippen LogP contribution in [0.4, 0.5) is 0 Å². The Morgan fingerprint density at radius 3 is 2.81 bits per heavy atom. The number of benzene rings is 1. The molecule has 6 heteroatoms. The van der Waals surface area contributed by atoms with Gasteiger partial charge < -0.3 is 10.1 Å². The zero-order chi connectivity index (χ0) is 18.9. The number of rotatable bonds is 8. The highest BCUT2D eigenvalue weighted by atomic mass is 16.5. The second-order valence-electron chi connectivity index (χ2n) is 5.98. The molecule has 2 heterocycles. The van der Waals surface area contributed by atoms with Gasteiger partial charge in [0.05, 0.1) is 13.2 Å². The van der Waals surface area contributed by atoms with E-state index < -0.39 is 0 Å². The third kappa shape index (κ3) is 5.36. The Hall–Kier alpha value is -3.25. The van der Waals surface area contributed by atoms with Gasteiger partial charge in [-0.15, -0.1) is 0 Å². The molecule has 0 aliphatic heterocycles. The highest BCUT2D eigenvalue weighted by Crippen LogP contribution is 2.22. The van der Waals surface area contributed by atoms with Gasteiger partial charge in [-0.25, -0.2) is 0 Å². The largest absolute Gasteiger partial charge is 0.383 e. The van der Waals surface area contributed by atoms with Crippen molar-refractivity contribution in [1.29, 1.82) is 0 Å². The monoisotopic (exact) mass is 362 g/mol. The molecule has 1 aromatic carbocycles. The molecule has 6 nitrogen and oxygen atoms in total. The van der Waals surface area contributed by atoms with Gasteiger partial charge in [0.2, 0.25) is 5.91 Å². The van der Waals surface area contributed by atoms with Gasteiger partial charge in [0, 0.05) is 49.4 Å². The molecule has 3 aromatic rings. The van der Waals surface area contributed by atoms with Crippen LogP contribution in [0.15, 0.2) is 67.1 Å². The van der Waals surface area contributed by atoms with Gasteiger partial charge in [-0.2, -0.15) is 5.10 Å². The SMILES string of the molecule is COCCNC(=O)/C=C/c1cn(Cc2ccccc2)nc1-c1cccnc1. The molecule has 138 valence electrons. The maximum absolute atomic E-state index is 11.9. The van der Waals surface area contributed by atoms with Crippen molar-refractivity contribution in [1.82, 2.24) is 20.1 Å². The fourth-order valence-corrected chi connectivity index (χ4v) is 2.64. The first-order valence-electron chi connectivity index (χ1n) is 8.73. The van der Waals surface area contributed by atoms with Gasteiger partial charge in [-0.1, -0.05) is 30.3 Å². The van der Waals surface area contributed by atoms with Crippen LogP contribution in [0.2, 0.25) is 0 Å². The maximum Gasteiger partial charge on any atom is 0.244 e. The second-order valence-corrected chi connectivity index (χ2v) is 5.98. The number of carbonyl (C=O) groups is 1. The highest BCUT2D eigenvalue weighted by molar-refractivity contribution is 5.92. The molecule has 1 amide bonds. The second kappa shape index (κ2) is 9.45. The lowest BCUT2D eigenvalue weighted by molar-refractivity contribution is -0.116. The number of amides is 1. The van der Waals surface area contributed by atoms with E-state index in [0.29, 0.717) is 19.7 Å². The average Bonchev–Trinajstić information content (AvgIpc) is 3.11. The van der Waals surface area contributed by atoms with Crippen LogP contribution in [0.25, 0.3) is 17.3 Å². The van der Waals surface area contributed by atoms with Crippen LogP contribution in [0, 0.1) is 0 Å². The topological polar surface area (TPSA) is 69.0 Å². The van der Waals surface area contributed by atoms with Crippen LogP contribution in [-0.4, -0.2) is 40.9 Å². The molecular formula is C21H22N4O2. The molecule has 3 rings (SSSR count). The van der Waals surface area contributed by atoms with Gasteiger partial charge in [0.1, 0.15) is 5.69 Å². The average molecular weight is 362 g/mol. The minimum absolute atomic E-state index is 0.167. The van der Waals surface area contributed by atoms with Crippen molar-refractivity contribution in [3.05, 3.63) is 78.3 Å². The summed E-state index contributed by atoms with van der Waals surface area (Å²) in [6.45, 7) is 1.61. The number of ether oxygens (including phenoxy) is 1. The third-order valence-electron chi connectivity index (χ3n) is 3.93. The summed E-state index contributed by atoms with van der Waals surface area (Å²) < 4.78 is 6.81. The van der Waals surface area contributed by atoms with Crippen molar-refractivity contribution in [2.75, 3.05) is 20.3 Å². The molecular weight excluding hydrogens is 340 g/mol. The maximum atomic E-state index is 11.9. The van der Waals surface area contributed by atoms with Crippen LogP contribution in [0.1, 0.15) is 11.1 Å². The van der Waals surface area contributed by atoms with Crippen LogP contribution in [0.3, 0.4) is 0 Å². The zero-order valence-corrected chi connectivity index (χ0v) is 15.2. The Labute approximate surface area is 158 Å². The number of nitrogens with one attached hydrogen (secondary N) is 1. The highest BCUT2D eigenvalue weighted by Gasteiger charge is 2.10. The Kier molecular flexibility index (Phi) is 6.49. The predicted octanol–water partition coefficient (Wildman–Crippen LogP) is 2.77. The fraction of sp³-hybridized carbons (Fsp3) is 0.190. The van der Waals surface area contributed by atoms with E-state index in [1.807, 2.05) is 41.2 Å². The van der Waals surface area contributed by atoms with Crippen molar-refractivity contribution in [2.45, 2.75) is 6.54 Å². The lowest BCUT2D eigenvalue weighted by Crippen LogP contribution is -2.24. The third-order valence-corrected chi connectivity index (χ3v) is 3.93. The van der Waals surface area contributed by atoms with Crippen LogP contribution >= 0.6 is 0 Å². The minimum atomic E-state index is -0.167. The smallest absolute Gasteiger partial charge is 0.244 e. The summed E-state index contributed by atoms with van der Waals surface area (Å²) in [4.78, 5) is 16.1. The van der Waals surface area contributed by atoms with E-state index >= 15 is 0 Å². The number of pyridine rings is 1. The Balaban J connectivity index is 1.83. The molecule has 1 N–H and O–H groups in total. The lowest BCUT2D eigenvalue weighted by Gasteiger charge is -2.01. The number of methoxy groups -OCH3 is 1. The summed E-state index contributed by atoms with van der Waals surface area (Å²) in [7, 11) is 1.60. The first kappa shape index (κ1) is 18.5. The van der Waals surface area contributed by atoms with Crippen molar-refractivity contribution >= 4 is 12.0 Å². The van der Waals surface area contributed by atoms with Crippen molar-refractivity contribution in [2.24, 2.45) is 0 Å². The van der Waals surface area contributed by atoms with Gasteiger partial charge in [-0.05, 0) is 23.8 Å². The Morgan fingerprint density at radius 1 is 1.22 bits per heavy atom. The van der Waals surface area contributed by atoms with E-state index in [1.54, 1.807) is 25.6 Å². The Morgan fingerprint density at radius 2 is 2.07 bits per heavy atom. The summed E-state index contributed by atoms with van der Waals surface area (Å²) in [5.74, 6) is -0.167. The molecule has 0 atom stereocenters. The molecule has 0 saturated carbocycles. The molecule has 0 radical (unpaired) electrons. The van der Waals surface area contributed by atoms with E-state index in [2.05, 4.69) is 22.4 Å². The van der Waals surface area contributed by atoms with E-state index in [1.165, 1.54) is 6.08 Å². The normalized spacial score (nSPS) is 11.0. The quantitative estimate of drug-likeness (QED) is 0.494. The predicted molar refractivity (Wildman–Crippen MR) is 105 cm³/mol. The van der Waals surface area contributed by atoms with Gasteiger partial charge in [-0.3, -0.25) is 14.5 Å². The number of aromatic nitrogens is 3. The van der Waals surface area contributed by atoms with Crippen molar-refractivity contribution < 1.29 is 9.53 Å². The molecule has 0 unspecified atom stereocenters. The molecule has 0 aliphatic carbocycles. The number of carbonyl (C=O) groups excluding carboxylic acids is 1.